The molecule has 0 fully saturated rings. The molecule has 0 aliphatic rings. The van der Waals surface area contributed by atoms with Gasteiger partial charge in [-0.3, -0.25) is 0 Å². The number of rotatable bonds is 4. The van der Waals surface area contributed by atoms with Crippen LogP contribution in [0.4, 0.5) is 11.5 Å². The van der Waals surface area contributed by atoms with E-state index >= 15 is 0 Å². The second-order valence-electron chi connectivity index (χ2n) is 3.70. The highest BCUT2D eigenvalue weighted by Gasteiger charge is 2.11. The second-order valence-corrected chi connectivity index (χ2v) is 3.97. The van der Waals surface area contributed by atoms with Crippen molar-refractivity contribution in [1.82, 2.24) is 4.98 Å². The highest BCUT2D eigenvalue weighted by Crippen LogP contribution is 2.26. The SMILES string of the molecule is CCN(c1ccccc1)c1ncccc1CCl. The maximum Gasteiger partial charge on any atom is 0.137 e. The summed E-state index contributed by atoms with van der Waals surface area (Å²) in [4.78, 5) is 6.60. The van der Waals surface area contributed by atoms with Gasteiger partial charge in [-0.15, -0.1) is 11.6 Å². The van der Waals surface area contributed by atoms with Crippen LogP contribution in [0.5, 0.6) is 0 Å². The van der Waals surface area contributed by atoms with Gasteiger partial charge in [0.1, 0.15) is 5.82 Å². The third kappa shape index (κ3) is 2.59. The third-order valence-corrected chi connectivity index (χ3v) is 2.94. The molecular weight excluding hydrogens is 232 g/mol. The zero-order valence-corrected chi connectivity index (χ0v) is 10.6. The largest absolute Gasteiger partial charge is 0.326 e. The van der Waals surface area contributed by atoms with E-state index < -0.39 is 0 Å². The van der Waals surface area contributed by atoms with Crippen LogP contribution >= 0.6 is 11.6 Å². The van der Waals surface area contributed by atoms with Crippen molar-refractivity contribution >= 4 is 23.1 Å². The van der Waals surface area contributed by atoms with Crippen LogP contribution < -0.4 is 4.90 Å². The standard InChI is InChI=1S/C14H15ClN2/c1-2-17(13-8-4-3-5-9-13)14-12(11-15)7-6-10-16-14/h3-10H,2,11H2,1H3. The van der Waals surface area contributed by atoms with E-state index in [1.54, 1.807) is 6.20 Å². The molecule has 0 unspecified atom stereocenters. The Morgan fingerprint density at radius 2 is 1.88 bits per heavy atom. The van der Waals surface area contributed by atoms with E-state index in [2.05, 4.69) is 28.9 Å². The van der Waals surface area contributed by atoms with Crippen LogP contribution in [0.3, 0.4) is 0 Å². The Kier molecular flexibility index (Phi) is 3.99. The molecule has 0 spiro atoms. The summed E-state index contributed by atoms with van der Waals surface area (Å²) in [6.45, 7) is 2.98. The van der Waals surface area contributed by atoms with Gasteiger partial charge in [-0.05, 0) is 25.1 Å². The third-order valence-electron chi connectivity index (χ3n) is 2.65. The van der Waals surface area contributed by atoms with Crippen molar-refractivity contribution in [2.45, 2.75) is 12.8 Å². The summed E-state index contributed by atoms with van der Waals surface area (Å²) in [6, 6.07) is 14.2. The molecule has 2 rings (SSSR count). The number of hydrogen-bond acceptors (Lipinski definition) is 2. The average molecular weight is 247 g/mol. The Bertz CT molecular complexity index is 471. The number of nitrogens with zero attached hydrogens (tertiary/aromatic N) is 2. The van der Waals surface area contributed by atoms with E-state index in [1.807, 2.05) is 30.3 Å². The molecule has 0 amide bonds. The van der Waals surface area contributed by atoms with Gasteiger partial charge in [0.2, 0.25) is 0 Å². The lowest BCUT2D eigenvalue weighted by atomic mass is 10.2. The van der Waals surface area contributed by atoms with Crippen molar-refractivity contribution in [3.05, 3.63) is 54.2 Å². The smallest absolute Gasteiger partial charge is 0.137 e. The fourth-order valence-electron chi connectivity index (χ4n) is 1.84. The molecule has 1 aromatic heterocycles. The first-order valence-corrected chi connectivity index (χ1v) is 6.22. The average Bonchev–Trinajstić information content (AvgIpc) is 2.41. The maximum atomic E-state index is 5.95. The van der Waals surface area contributed by atoms with Gasteiger partial charge < -0.3 is 4.90 Å². The molecule has 17 heavy (non-hydrogen) atoms. The van der Waals surface area contributed by atoms with Gasteiger partial charge in [-0.2, -0.15) is 0 Å². The van der Waals surface area contributed by atoms with E-state index in [4.69, 9.17) is 11.6 Å². The summed E-state index contributed by atoms with van der Waals surface area (Å²) in [5.41, 5.74) is 2.19. The van der Waals surface area contributed by atoms with Gasteiger partial charge in [0, 0.05) is 24.0 Å². The van der Waals surface area contributed by atoms with Gasteiger partial charge >= 0.3 is 0 Å². The van der Waals surface area contributed by atoms with Gasteiger partial charge in [0.15, 0.2) is 0 Å². The minimum absolute atomic E-state index is 0.479. The molecule has 3 heteroatoms. The number of para-hydroxylation sites is 1. The number of aromatic nitrogens is 1. The van der Waals surface area contributed by atoms with Crippen molar-refractivity contribution < 1.29 is 0 Å². The van der Waals surface area contributed by atoms with Gasteiger partial charge in [-0.1, -0.05) is 24.3 Å². The van der Waals surface area contributed by atoms with Gasteiger partial charge in [0.25, 0.3) is 0 Å². The fraction of sp³-hybridized carbons (Fsp3) is 0.214. The van der Waals surface area contributed by atoms with Gasteiger partial charge in [0.05, 0.1) is 5.88 Å². The minimum Gasteiger partial charge on any atom is -0.326 e. The molecule has 0 aliphatic heterocycles. The summed E-state index contributed by atoms with van der Waals surface area (Å²) in [7, 11) is 0. The Labute approximate surface area is 107 Å². The quantitative estimate of drug-likeness (QED) is 0.759. The maximum absolute atomic E-state index is 5.95. The van der Waals surface area contributed by atoms with E-state index in [-0.39, 0.29) is 0 Å². The van der Waals surface area contributed by atoms with Crippen LogP contribution in [0.1, 0.15) is 12.5 Å². The number of alkyl halides is 1. The molecule has 0 atom stereocenters. The van der Waals surface area contributed by atoms with Crippen molar-refractivity contribution in [2.24, 2.45) is 0 Å². The Hall–Kier alpha value is -1.54. The molecule has 0 radical (unpaired) electrons. The number of anilines is 2. The summed E-state index contributed by atoms with van der Waals surface area (Å²) in [5.74, 6) is 1.42. The van der Waals surface area contributed by atoms with Crippen LogP contribution in [0.2, 0.25) is 0 Å². The first-order valence-electron chi connectivity index (χ1n) is 5.69. The molecule has 0 N–H and O–H groups in total. The van der Waals surface area contributed by atoms with E-state index in [0.29, 0.717) is 5.88 Å². The van der Waals surface area contributed by atoms with Crippen LogP contribution in [-0.2, 0) is 5.88 Å². The van der Waals surface area contributed by atoms with E-state index in [1.165, 1.54) is 0 Å². The fourth-order valence-corrected chi connectivity index (χ4v) is 2.05. The summed E-state index contributed by atoms with van der Waals surface area (Å²) >= 11 is 5.95. The molecule has 2 aromatic rings. The molecule has 0 aliphatic carbocycles. The van der Waals surface area contributed by atoms with Crippen LogP contribution in [-0.4, -0.2) is 11.5 Å². The van der Waals surface area contributed by atoms with E-state index in [9.17, 15) is 0 Å². The monoisotopic (exact) mass is 246 g/mol. The molecule has 1 heterocycles. The summed E-state index contributed by atoms with van der Waals surface area (Å²) in [6.07, 6.45) is 1.80. The Balaban J connectivity index is 2.42. The number of pyridine rings is 1. The Morgan fingerprint density at radius 1 is 1.12 bits per heavy atom. The molecule has 0 saturated carbocycles. The lowest BCUT2D eigenvalue weighted by molar-refractivity contribution is 0.976. The zero-order valence-electron chi connectivity index (χ0n) is 9.81. The predicted molar refractivity (Wildman–Crippen MR) is 72.9 cm³/mol. The second kappa shape index (κ2) is 5.69. The highest BCUT2D eigenvalue weighted by molar-refractivity contribution is 6.17. The number of hydrogen-bond donors (Lipinski definition) is 0. The number of benzene rings is 1. The first-order chi connectivity index (χ1) is 8.36. The lowest BCUT2D eigenvalue weighted by Gasteiger charge is -2.23. The minimum atomic E-state index is 0.479. The lowest BCUT2D eigenvalue weighted by Crippen LogP contribution is -2.18. The predicted octanol–water partition coefficient (Wildman–Crippen LogP) is 3.98. The zero-order chi connectivity index (χ0) is 12.1. The normalized spacial score (nSPS) is 10.2. The molecule has 88 valence electrons. The molecule has 0 saturated heterocycles. The van der Waals surface area contributed by atoms with E-state index in [0.717, 1.165) is 23.6 Å². The van der Waals surface area contributed by atoms with Crippen molar-refractivity contribution in [2.75, 3.05) is 11.4 Å². The van der Waals surface area contributed by atoms with Crippen LogP contribution in [0.25, 0.3) is 0 Å². The molecule has 0 bridgehead atoms. The highest BCUT2D eigenvalue weighted by atomic mass is 35.5. The van der Waals surface area contributed by atoms with Crippen molar-refractivity contribution in [1.29, 1.82) is 0 Å². The topological polar surface area (TPSA) is 16.1 Å². The summed E-state index contributed by atoms with van der Waals surface area (Å²) < 4.78 is 0. The van der Waals surface area contributed by atoms with Crippen molar-refractivity contribution in [3.8, 4) is 0 Å². The van der Waals surface area contributed by atoms with Crippen LogP contribution in [0.15, 0.2) is 48.7 Å². The van der Waals surface area contributed by atoms with Gasteiger partial charge in [-0.25, -0.2) is 4.98 Å². The van der Waals surface area contributed by atoms with Crippen molar-refractivity contribution in [3.63, 3.8) is 0 Å². The Morgan fingerprint density at radius 3 is 2.53 bits per heavy atom. The molecular formula is C14H15ClN2. The first kappa shape index (κ1) is 11.9. The summed E-state index contributed by atoms with van der Waals surface area (Å²) in [5, 5.41) is 0. The number of halogens is 1. The molecule has 2 nitrogen and oxygen atoms in total. The molecule has 1 aromatic carbocycles. The van der Waals surface area contributed by atoms with Crippen LogP contribution in [0, 0.1) is 0 Å².